The highest BCUT2D eigenvalue weighted by atomic mass is 32.2. The molecule has 3 rings (SSSR count). The summed E-state index contributed by atoms with van der Waals surface area (Å²) in [6.45, 7) is 4.95. The smallest absolute Gasteiger partial charge is 0.253 e. The minimum atomic E-state index is -3.71. The fraction of sp³-hybridized carbons (Fsp3) is 0.409. The van der Waals surface area contributed by atoms with Gasteiger partial charge in [-0.25, -0.2) is 8.42 Å². The predicted molar refractivity (Wildman–Crippen MR) is 116 cm³/mol. The molecule has 2 aromatic carbocycles. The Morgan fingerprint density at radius 2 is 1.52 bits per heavy atom. The molecule has 0 radical (unpaired) electrons. The number of amides is 1. The Morgan fingerprint density at radius 1 is 0.903 bits per heavy atom. The number of carbonyl (C=O) groups excluding carboxylic acids is 1. The van der Waals surface area contributed by atoms with E-state index in [1.165, 1.54) is 30.7 Å². The SMILES string of the molecule is COc1ccc(S(=O)(=O)N2CCN(C(=O)c3ccc(OC(C)C)cc3)CC2)cc1OC. The summed E-state index contributed by atoms with van der Waals surface area (Å²) in [5.41, 5.74) is 0.548. The molecule has 9 heteroatoms. The van der Waals surface area contributed by atoms with Gasteiger partial charge in [-0.2, -0.15) is 4.31 Å². The molecule has 0 unspecified atom stereocenters. The Morgan fingerprint density at radius 3 is 2.06 bits per heavy atom. The highest BCUT2D eigenvalue weighted by Gasteiger charge is 2.31. The summed E-state index contributed by atoms with van der Waals surface area (Å²) < 4.78 is 43.5. The lowest BCUT2D eigenvalue weighted by molar-refractivity contribution is 0.0698. The quantitative estimate of drug-likeness (QED) is 0.647. The summed E-state index contributed by atoms with van der Waals surface area (Å²) in [7, 11) is -0.756. The zero-order valence-corrected chi connectivity index (χ0v) is 19.0. The summed E-state index contributed by atoms with van der Waals surface area (Å²) in [5, 5.41) is 0. The Labute approximate surface area is 183 Å². The van der Waals surface area contributed by atoms with Crippen LogP contribution >= 0.6 is 0 Å². The van der Waals surface area contributed by atoms with E-state index < -0.39 is 10.0 Å². The van der Waals surface area contributed by atoms with E-state index in [-0.39, 0.29) is 30.0 Å². The fourth-order valence-corrected chi connectivity index (χ4v) is 4.83. The first kappa shape index (κ1) is 22.9. The van der Waals surface area contributed by atoms with Crippen molar-refractivity contribution in [1.82, 2.24) is 9.21 Å². The molecular weight excluding hydrogens is 420 g/mol. The molecule has 8 nitrogen and oxygen atoms in total. The van der Waals surface area contributed by atoms with Crippen LogP contribution < -0.4 is 14.2 Å². The minimum absolute atomic E-state index is 0.0576. The lowest BCUT2D eigenvalue weighted by atomic mass is 10.2. The van der Waals surface area contributed by atoms with E-state index in [1.54, 1.807) is 35.2 Å². The minimum Gasteiger partial charge on any atom is -0.493 e. The zero-order valence-electron chi connectivity index (χ0n) is 18.2. The Kier molecular flexibility index (Phi) is 7.07. The molecule has 1 aliphatic heterocycles. The van der Waals surface area contributed by atoms with Crippen molar-refractivity contribution < 1.29 is 27.4 Å². The summed E-state index contributed by atoms with van der Waals surface area (Å²) in [6.07, 6.45) is 0.0576. The van der Waals surface area contributed by atoms with Crippen LogP contribution in [-0.4, -0.2) is 70.0 Å². The van der Waals surface area contributed by atoms with E-state index >= 15 is 0 Å². The predicted octanol–water partition coefficient (Wildman–Crippen LogP) is 2.64. The fourth-order valence-electron chi connectivity index (χ4n) is 3.39. The number of hydrogen-bond acceptors (Lipinski definition) is 6. The van der Waals surface area contributed by atoms with E-state index in [2.05, 4.69) is 0 Å². The van der Waals surface area contributed by atoms with Gasteiger partial charge in [-0.15, -0.1) is 0 Å². The largest absolute Gasteiger partial charge is 0.493 e. The van der Waals surface area contributed by atoms with Crippen LogP contribution in [0.5, 0.6) is 17.2 Å². The van der Waals surface area contributed by atoms with Crippen molar-refractivity contribution in [3.8, 4) is 17.2 Å². The molecule has 1 fully saturated rings. The van der Waals surface area contributed by atoms with Crippen LogP contribution in [0.15, 0.2) is 47.4 Å². The third-order valence-corrected chi connectivity index (χ3v) is 6.89. The van der Waals surface area contributed by atoms with Crippen molar-refractivity contribution in [3.63, 3.8) is 0 Å². The van der Waals surface area contributed by atoms with Gasteiger partial charge in [0.25, 0.3) is 5.91 Å². The van der Waals surface area contributed by atoms with Gasteiger partial charge in [0.15, 0.2) is 11.5 Å². The molecule has 0 aromatic heterocycles. The Balaban J connectivity index is 1.66. The van der Waals surface area contributed by atoms with Gasteiger partial charge in [0, 0.05) is 37.8 Å². The second-order valence-corrected chi connectivity index (χ2v) is 9.34. The lowest BCUT2D eigenvalue weighted by Gasteiger charge is -2.34. The third-order valence-electron chi connectivity index (χ3n) is 4.99. The highest BCUT2D eigenvalue weighted by Crippen LogP contribution is 2.31. The van der Waals surface area contributed by atoms with Gasteiger partial charge in [0.05, 0.1) is 25.2 Å². The van der Waals surface area contributed by atoms with E-state index in [4.69, 9.17) is 14.2 Å². The van der Waals surface area contributed by atoms with Gasteiger partial charge in [0.1, 0.15) is 5.75 Å². The number of nitrogens with zero attached hydrogens (tertiary/aromatic N) is 2. The number of ether oxygens (including phenoxy) is 3. The van der Waals surface area contributed by atoms with Crippen molar-refractivity contribution in [2.45, 2.75) is 24.8 Å². The van der Waals surface area contributed by atoms with Gasteiger partial charge >= 0.3 is 0 Å². The van der Waals surface area contributed by atoms with Crippen LogP contribution in [0.25, 0.3) is 0 Å². The molecule has 0 spiro atoms. The molecule has 168 valence electrons. The van der Waals surface area contributed by atoms with Gasteiger partial charge in [-0.1, -0.05) is 0 Å². The van der Waals surface area contributed by atoms with Crippen LogP contribution in [-0.2, 0) is 10.0 Å². The summed E-state index contributed by atoms with van der Waals surface area (Å²) in [6, 6.07) is 11.5. The Bertz CT molecular complexity index is 1010. The number of rotatable bonds is 7. The van der Waals surface area contributed by atoms with Crippen molar-refractivity contribution in [2.75, 3.05) is 40.4 Å². The molecule has 0 N–H and O–H groups in total. The molecule has 1 heterocycles. The monoisotopic (exact) mass is 448 g/mol. The topological polar surface area (TPSA) is 85.4 Å². The van der Waals surface area contributed by atoms with Crippen molar-refractivity contribution >= 4 is 15.9 Å². The van der Waals surface area contributed by atoms with Crippen LogP contribution in [0.2, 0.25) is 0 Å². The van der Waals surface area contributed by atoms with Crippen LogP contribution in [0.4, 0.5) is 0 Å². The van der Waals surface area contributed by atoms with Crippen molar-refractivity contribution in [3.05, 3.63) is 48.0 Å². The normalized spacial score (nSPS) is 15.1. The number of piperazine rings is 1. The van der Waals surface area contributed by atoms with E-state index in [1.807, 2.05) is 13.8 Å². The molecular formula is C22H28N2O6S. The second-order valence-electron chi connectivity index (χ2n) is 7.40. The molecule has 0 saturated carbocycles. The standard InChI is InChI=1S/C22H28N2O6S/c1-16(2)30-18-7-5-17(6-8-18)22(25)23-11-13-24(14-12-23)31(26,27)19-9-10-20(28-3)21(15-19)29-4/h5-10,15-16H,11-14H2,1-4H3. The molecule has 0 bridgehead atoms. The van der Waals surface area contributed by atoms with E-state index in [0.717, 1.165) is 0 Å². The summed E-state index contributed by atoms with van der Waals surface area (Å²) in [5.74, 6) is 1.39. The highest BCUT2D eigenvalue weighted by molar-refractivity contribution is 7.89. The van der Waals surface area contributed by atoms with E-state index in [0.29, 0.717) is 35.9 Å². The van der Waals surface area contributed by atoms with Gasteiger partial charge < -0.3 is 19.1 Å². The number of benzene rings is 2. The van der Waals surface area contributed by atoms with Crippen molar-refractivity contribution in [1.29, 1.82) is 0 Å². The molecule has 1 amide bonds. The van der Waals surface area contributed by atoms with Crippen LogP contribution in [0.3, 0.4) is 0 Å². The second kappa shape index (κ2) is 9.57. The first-order valence-corrected chi connectivity index (χ1v) is 11.5. The lowest BCUT2D eigenvalue weighted by Crippen LogP contribution is -2.50. The maximum atomic E-state index is 13.0. The molecule has 1 aliphatic rings. The number of carbonyl (C=O) groups is 1. The molecule has 2 aromatic rings. The average Bonchev–Trinajstić information content (AvgIpc) is 2.78. The van der Waals surface area contributed by atoms with Crippen LogP contribution in [0.1, 0.15) is 24.2 Å². The summed E-state index contributed by atoms with van der Waals surface area (Å²) >= 11 is 0. The third kappa shape index (κ3) is 5.11. The van der Waals surface area contributed by atoms with Crippen LogP contribution in [0, 0.1) is 0 Å². The number of hydrogen-bond donors (Lipinski definition) is 0. The first-order chi connectivity index (χ1) is 14.8. The van der Waals surface area contributed by atoms with E-state index in [9.17, 15) is 13.2 Å². The van der Waals surface area contributed by atoms with Gasteiger partial charge in [-0.3, -0.25) is 4.79 Å². The maximum Gasteiger partial charge on any atom is 0.253 e. The Hall–Kier alpha value is -2.78. The molecule has 1 saturated heterocycles. The van der Waals surface area contributed by atoms with Gasteiger partial charge in [-0.05, 0) is 50.2 Å². The summed E-state index contributed by atoms with van der Waals surface area (Å²) in [4.78, 5) is 14.6. The zero-order chi connectivity index (χ0) is 22.6. The molecule has 31 heavy (non-hydrogen) atoms. The number of methoxy groups -OCH3 is 2. The molecule has 0 atom stereocenters. The van der Waals surface area contributed by atoms with Crippen molar-refractivity contribution in [2.24, 2.45) is 0 Å². The average molecular weight is 449 g/mol. The van der Waals surface area contributed by atoms with Gasteiger partial charge in [0.2, 0.25) is 10.0 Å². The number of sulfonamides is 1. The maximum absolute atomic E-state index is 13.0. The molecule has 0 aliphatic carbocycles. The first-order valence-electron chi connectivity index (χ1n) is 10.0.